The molecule has 116 valence electrons. The third-order valence-electron chi connectivity index (χ3n) is 4.21. The number of aliphatic carboxylic acids is 1. The molecular formula is C17H26N2O2. The minimum absolute atomic E-state index is 0.612. The summed E-state index contributed by atoms with van der Waals surface area (Å²) in [6.07, 6.45) is 2.47. The fourth-order valence-corrected chi connectivity index (χ4v) is 2.66. The van der Waals surface area contributed by atoms with Crippen molar-refractivity contribution in [1.29, 1.82) is 0 Å². The van der Waals surface area contributed by atoms with Crippen LogP contribution in [0, 0.1) is 0 Å². The average molecular weight is 290 g/mol. The van der Waals surface area contributed by atoms with Crippen LogP contribution >= 0.6 is 0 Å². The third kappa shape index (κ3) is 4.55. The Kier molecular flexibility index (Phi) is 5.76. The zero-order valence-electron chi connectivity index (χ0n) is 13.0. The fraction of sp³-hybridized carbons (Fsp3) is 0.588. The van der Waals surface area contributed by atoms with Gasteiger partial charge in [0, 0.05) is 13.1 Å². The Labute approximate surface area is 127 Å². The zero-order valence-corrected chi connectivity index (χ0v) is 13.0. The SMILES string of the molecule is CCN(CC)CCNC(C(=O)O)c1cccc(C2CC2)c1. The molecule has 0 bridgehead atoms. The molecular weight excluding hydrogens is 264 g/mol. The Hall–Kier alpha value is -1.39. The van der Waals surface area contributed by atoms with Crippen LogP contribution in [0.2, 0.25) is 0 Å². The third-order valence-corrected chi connectivity index (χ3v) is 4.21. The number of carbonyl (C=O) groups is 1. The molecule has 0 radical (unpaired) electrons. The summed E-state index contributed by atoms with van der Waals surface area (Å²) in [5.74, 6) is -0.155. The lowest BCUT2D eigenvalue weighted by Gasteiger charge is -2.21. The average Bonchev–Trinajstić information content (AvgIpc) is 3.32. The van der Waals surface area contributed by atoms with E-state index in [4.69, 9.17) is 0 Å². The number of nitrogens with one attached hydrogen (secondary N) is 1. The summed E-state index contributed by atoms with van der Waals surface area (Å²) in [5.41, 5.74) is 2.15. The molecule has 1 saturated carbocycles. The highest BCUT2D eigenvalue weighted by molar-refractivity contribution is 5.75. The van der Waals surface area contributed by atoms with Gasteiger partial charge in [0.15, 0.2) is 0 Å². The lowest BCUT2D eigenvalue weighted by Crippen LogP contribution is -2.36. The van der Waals surface area contributed by atoms with E-state index in [1.165, 1.54) is 18.4 Å². The summed E-state index contributed by atoms with van der Waals surface area (Å²) >= 11 is 0. The van der Waals surface area contributed by atoms with E-state index in [-0.39, 0.29) is 0 Å². The maximum atomic E-state index is 11.5. The standard InChI is InChI=1S/C17H26N2O2/c1-3-19(4-2)11-10-18-16(17(20)21)15-7-5-6-14(12-15)13-8-9-13/h5-7,12-13,16,18H,3-4,8-11H2,1-2H3,(H,20,21). The first-order chi connectivity index (χ1) is 10.2. The summed E-state index contributed by atoms with van der Waals surface area (Å²) < 4.78 is 0. The van der Waals surface area contributed by atoms with Gasteiger partial charge in [0.2, 0.25) is 0 Å². The second-order valence-corrected chi connectivity index (χ2v) is 5.70. The Morgan fingerprint density at radius 1 is 1.38 bits per heavy atom. The molecule has 4 heteroatoms. The van der Waals surface area contributed by atoms with E-state index in [0.29, 0.717) is 12.5 Å². The number of nitrogens with zero attached hydrogens (tertiary/aromatic N) is 1. The van der Waals surface area contributed by atoms with Crippen LogP contribution in [0.1, 0.15) is 49.8 Å². The van der Waals surface area contributed by atoms with Crippen molar-refractivity contribution in [2.24, 2.45) is 0 Å². The van der Waals surface area contributed by atoms with Crippen LogP contribution in [0.25, 0.3) is 0 Å². The summed E-state index contributed by atoms with van der Waals surface area (Å²) in [5, 5.41) is 12.7. The Morgan fingerprint density at radius 3 is 2.67 bits per heavy atom. The lowest BCUT2D eigenvalue weighted by atomic mass is 10.0. The van der Waals surface area contributed by atoms with Crippen molar-refractivity contribution in [2.45, 2.75) is 38.6 Å². The van der Waals surface area contributed by atoms with Gasteiger partial charge in [-0.25, -0.2) is 0 Å². The van der Waals surface area contributed by atoms with Gasteiger partial charge in [0.1, 0.15) is 6.04 Å². The predicted molar refractivity (Wildman–Crippen MR) is 84.6 cm³/mol. The smallest absolute Gasteiger partial charge is 0.325 e. The highest BCUT2D eigenvalue weighted by atomic mass is 16.4. The quantitative estimate of drug-likeness (QED) is 0.734. The molecule has 1 unspecified atom stereocenters. The number of carboxylic acids is 1. The predicted octanol–water partition coefficient (Wildman–Crippen LogP) is 2.62. The molecule has 0 saturated heterocycles. The van der Waals surface area contributed by atoms with Crippen molar-refractivity contribution in [3.8, 4) is 0 Å². The number of carboxylic acid groups (broad SMARTS) is 1. The van der Waals surface area contributed by atoms with Gasteiger partial charge >= 0.3 is 5.97 Å². The number of likely N-dealkylation sites (N-methyl/N-ethyl adjacent to an activating group) is 1. The molecule has 0 aromatic heterocycles. The number of rotatable bonds is 9. The van der Waals surface area contributed by atoms with Gasteiger partial charge in [-0.15, -0.1) is 0 Å². The molecule has 0 amide bonds. The first-order valence-corrected chi connectivity index (χ1v) is 7.94. The van der Waals surface area contributed by atoms with E-state index in [1.807, 2.05) is 12.1 Å². The number of benzene rings is 1. The molecule has 1 aromatic carbocycles. The van der Waals surface area contributed by atoms with Gasteiger partial charge in [-0.2, -0.15) is 0 Å². The summed E-state index contributed by atoms with van der Waals surface area (Å²) in [6, 6.07) is 7.44. The number of hydrogen-bond acceptors (Lipinski definition) is 3. The minimum Gasteiger partial charge on any atom is -0.480 e. The van der Waals surface area contributed by atoms with E-state index in [2.05, 4.69) is 36.2 Å². The van der Waals surface area contributed by atoms with Crippen molar-refractivity contribution in [2.75, 3.05) is 26.2 Å². The van der Waals surface area contributed by atoms with Crippen LogP contribution in [0.4, 0.5) is 0 Å². The fourth-order valence-electron chi connectivity index (χ4n) is 2.66. The van der Waals surface area contributed by atoms with Crippen molar-refractivity contribution < 1.29 is 9.90 Å². The van der Waals surface area contributed by atoms with E-state index < -0.39 is 12.0 Å². The van der Waals surface area contributed by atoms with E-state index in [0.717, 1.165) is 25.2 Å². The second-order valence-electron chi connectivity index (χ2n) is 5.70. The molecule has 1 aliphatic rings. The molecule has 21 heavy (non-hydrogen) atoms. The monoisotopic (exact) mass is 290 g/mol. The molecule has 2 rings (SSSR count). The lowest BCUT2D eigenvalue weighted by molar-refractivity contribution is -0.139. The molecule has 2 N–H and O–H groups in total. The van der Waals surface area contributed by atoms with Gasteiger partial charge in [-0.1, -0.05) is 38.1 Å². The summed E-state index contributed by atoms with van der Waals surface area (Å²) in [6.45, 7) is 7.79. The maximum Gasteiger partial charge on any atom is 0.325 e. The number of hydrogen-bond donors (Lipinski definition) is 2. The highest BCUT2D eigenvalue weighted by Crippen LogP contribution is 2.40. The van der Waals surface area contributed by atoms with Crippen LogP contribution in [0.5, 0.6) is 0 Å². The molecule has 0 heterocycles. The zero-order chi connectivity index (χ0) is 15.2. The van der Waals surface area contributed by atoms with Gasteiger partial charge in [-0.3, -0.25) is 10.1 Å². The van der Waals surface area contributed by atoms with Crippen LogP contribution < -0.4 is 5.32 Å². The van der Waals surface area contributed by atoms with E-state index in [1.54, 1.807) is 0 Å². The van der Waals surface area contributed by atoms with Crippen LogP contribution in [-0.2, 0) is 4.79 Å². The van der Waals surface area contributed by atoms with Gasteiger partial charge in [0.25, 0.3) is 0 Å². The summed E-state index contributed by atoms with van der Waals surface area (Å²) in [7, 11) is 0. The van der Waals surface area contributed by atoms with Gasteiger partial charge in [0.05, 0.1) is 0 Å². The van der Waals surface area contributed by atoms with Crippen molar-refractivity contribution in [1.82, 2.24) is 10.2 Å². The normalized spacial score (nSPS) is 16.1. The largest absolute Gasteiger partial charge is 0.480 e. The molecule has 0 spiro atoms. The van der Waals surface area contributed by atoms with E-state index >= 15 is 0 Å². The van der Waals surface area contributed by atoms with Gasteiger partial charge < -0.3 is 10.0 Å². The second kappa shape index (κ2) is 7.57. The Morgan fingerprint density at radius 2 is 2.10 bits per heavy atom. The molecule has 0 aliphatic heterocycles. The Bertz CT molecular complexity index is 468. The van der Waals surface area contributed by atoms with Crippen LogP contribution in [-0.4, -0.2) is 42.2 Å². The molecule has 1 fully saturated rings. The Balaban J connectivity index is 1.98. The van der Waals surface area contributed by atoms with E-state index in [9.17, 15) is 9.90 Å². The molecule has 4 nitrogen and oxygen atoms in total. The first-order valence-electron chi connectivity index (χ1n) is 7.94. The molecule has 1 aliphatic carbocycles. The topological polar surface area (TPSA) is 52.6 Å². The first kappa shape index (κ1) is 16.0. The van der Waals surface area contributed by atoms with Crippen molar-refractivity contribution >= 4 is 5.97 Å². The van der Waals surface area contributed by atoms with Crippen molar-refractivity contribution in [3.63, 3.8) is 0 Å². The highest BCUT2D eigenvalue weighted by Gasteiger charge is 2.25. The molecule has 1 aromatic rings. The van der Waals surface area contributed by atoms with Crippen molar-refractivity contribution in [3.05, 3.63) is 35.4 Å². The maximum absolute atomic E-state index is 11.5. The van der Waals surface area contributed by atoms with Crippen LogP contribution in [0.15, 0.2) is 24.3 Å². The summed E-state index contributed by atoms with van der Waals surface area (Å²) in [4.78, 5) is 13.8. The molecule has 1 atom stereocenters. The minimum atomic E-state index is -0.803. The van der Waals surface area contributed by atoms with Crippen LogP contribution in [0.3, 0.4) is 0 Å². The van der Waals surface area contributed by atoms with Gasteiger partial charge in [-0.05, 0) is 43.0 Å².